The van der Waals surface area contributed by atoms with Gasteiger partial charge in [-0.2, -0.15) is 0 Å². The summed E-state index contributed by atoms with van der Waals surface area (Å²) in [7, 11) is -1.97. The zero-order valence-corrected chi connectivity index (χ0v) is 12.2. The number of para-hydroxylation sites is 1. The van der Waals surface area contributed by atoms with Crippen LogP contribution in [0.4, 0.5) is 10.5 Å². The molecule has 0 N–H and O–H groups in total. The van der Waals surface area contributed by atoms with Gasteiger partial charge >= 0.3 is 6.03 Å². The fourth-order valence-electron chi connectivity index (χ4n) is 2.21. The summed E-state index contributed by atoms with van der Waals surface area (Å²) >= 11 is 0. The van der Waals surface area contributed by atoms with E-state index in [4.69, 9.17) is 0 Å². The number of benzene rings is 1. The smallest absolute Gasteiger partial charge is 0.292 e. The van der Waals surface area contributed by atoms with Crippen LogP contribution in [-0.2, 0) is 4.79 Å². The van der Waals surface area contributed by atoms with Gasteiger partial charge in [-0.3, -0.25) is 14.3 Å². The lowest BCUT2D eigenvalue weighted by Gasteiger charge is -2.27. The highest BCUT2D eigenvalue weighted by atomic mass is 28.3. The number of urea groups is 1. The normalized spacial score (nSPS) is 20.8. The molecule has 0 saturated carbocycles. The highest BCUT2D eigenvalue weighted by Crippen LogP contribution is 2.28. The van der Waals surface area contributed by atoms with E-state index in [9.17, 15) is 9.59 Å². The summed E-state index contributed by atoms with van der Waals surface area (Å²) in [6.45, 7) is 7.80. The van der Waals surface area contributed by atoms with E-state index >= 15 is 0 Å². The van der Waals surface area contributed by atoms with Gasteiger partial charge in [-0.05, 0) is 19.1 Å². The molecule has 0 aliphatic carbocycles. The Balaban J connectivity index is 2.41. The molecule has 0 spiro atoms. The fourth-order valence-corrected chi connectivity index (χ4v) is 3.73. The van der Waals surface area contributed by atoms with Gasteiger partial charge in [0.05, 0.1) is 0 Å². The van der Waals surface area contributed by atoms with Crippen molar-refractivity contribution in [1.29, 1.82) is 0 Å². The molecular formula is C13H18N2O2Si. The molecule has 0 bridgehead atoms. The predicted molar refractivity (Wildman–Crippen MR) is 74.0 cm³/mol. The maximum Gasteiger partial charge on any atom is 0.323 e. The first kappa shape index (κ1) is 12.8. The van der Waals surface area contributed by atoms with Crippen molar-refractivity contribution < 1.29 is 9.59 Å². The summed E-state index contributed by atoms with van der Waals surface area (Å²) in [4.78, 5) is 26.3. The summed E-state index contributed by atoms with van der Waals surface area (Å²) < 4.78 is 1.48. The molecule has 1 aromatic carbocycles. The Morgan fingerprint density at radius 2 is 1.61 bits per heavy atom. The van der Waals surface area contributed by atoms with Gasteiger partial charge in [-0.15, -0.1) is 0 Å². The molecule has 1 atom stereocenters. The SMILES string of the molecule is CC1C(=O)N([Si](C)(C)C)C(=O)N1c1ccccc1. The van der Waals surface area contributed by atoms with Crippen LogP contribution in [0.3, 0.4) is 0 Å². The minimum Gasteiger partial charge on any atom is -0.292 e. The fraction of sp³-hybridized carbons (Fsp3) is 0.385. The van der Waals surface area contributed by atoms with Crippen LogP contribution in [0.25, 0.3) is 0 Å². The van der Waals surface area contributed by atoms with Crippen LogP contribution in [0, 0.1) is 0 Å². The van der Waals surface area contributed by atoms with E-state index in [0.29, 0.717) is 0 Å². The Morgan fingerprint density at radius 3 is 2.06 bits per heavy atom. The van der Waals surface area contributed by atoms with Gasteiger partial charge in [0.15, 0.2) is 8.24 Å². The topological polar surface area (TPSA) is 40.6 Å². The zero-order valence-electron chi connectivity index (χ0n) is 11.2. The second-order valence-electron chi connectivity index (χ2n) is 5.51. The third kappa shape index (κ3) is 1.94. The maximum atomic E-state index is 12.4. The number of amides is 3. The van der Waals surface area contributed by atoms with Crippen molar-refractivity contribution in [2.75, 3.05) is 4.90 Å². The molecule has 1 saturated heterocycles. The summed E-state index contributed by atoms with van der Waals surface area (Å²) in [6, 6.07) is 8.76. The molecule has 1 aliphatic rings. The Labute approximate surface area is 108 Å². The van der Waals surface area contributed by atoms with Crippen LogP contribution < -0.4 is 4.90 Å². The van der Waals surface area contributed by atoms with E-state index in [2.05, 4.69) is 0 Å². The molecule has 0 radical (unpaired) electrons. The van der Waals surface area contributed by atoms with Crippen LogP contribution >= 0.6 is 0 Å². The van der Waals surface area contributed by atoms with E-state index in [1.165, 1.54) is 4.57 Å². The summed E-state index contributed by atoms with van der Waals surface area (Å²) in [6.07, 6.45) is 0. The molecule has 0 aromatic heterocycles. The Bertz CT molecular complexity index is 482. The minimum absolute atomic E-state index is 0.0805. The highest BCUT2D eigenvalue weighted by Gasteiger charge is 2.48. The van der Waals surface area contributed by atoms with Crippen LogP contribution in [0.1, 0.15) is 6.92 Å². The van der Waals surface area contributed by atoms with Crippen molar-refractivity contribution in [2.24, 2.45) is 0 Å². The number of carbonyl (C=O) groups excluding carboxylic acids is 2. The minimum atomic E-state index is -1.97. The first-order chi connectivity index (χ1) is 8.34. The average Bonchev–Trinajstić information content (AvgIpc) is 2.50. The second kappa shape index (κ2) is 4.24. The Hall–Kier alpha value is -1.62. The van der Waals surface area contributed by atoms with Gasteiger partial charge in [-0.25, -0.2) is 4.79 Å². The van der Waals surface area contributed by atoms with Crippen molar-refractivity contribution in [3.05, 3.63) is 30.3 Å². The quantitative estimate of drug-likeness (QED) is 0.607. The van der Waals surface area contributed by atoms with Crippen LogP contribution in [0.5, 0.6) is 0 Å². The van der Waals surface area contributed by atoms with Gasteiger partial charge in [-0.1, -0.05) is 37.8 Å². The van der Waals surface area contributed by atoms with E-state index < -0.39 is 14.3 Å². The number of carbonyl (C=O) groups is 2. The zero-order chi connectivity index (χ0) is 13.5. The lowest BCUT2D eigenvalue weighted by Crippen LogP contribution is -2.50. The molecule has 2 rings (SSSR count). The predicted octanol–water partition coefficient (Wildman–Crippen LogP) is 2.68. The van der Waals surface area contributed by atoms with Crippen molar-refractivity contribution in [3.8, 4) is 0 Å². The average molecular weight is 262 g/mol. The van der Waals surface area contributed by atoms with E-state index in [1.807, 2.05) is 50.0 Å². The van der Waals surface area contributed by atoms with Crippen LogP contribution in [-0.4, -0.2) is 30.8 Å². The molecule has 1 aliphatic heterocycles. The molecule has 1 unspecified atom stereocenters. The van der Waals surface area contributed by atoms with Crippen molar-refractivity contribution in [1.82, 2.24) is 4.57 Å². The first-order valence-corrected chi connectivity index (χ1v) is 9.51. The van der Waals surface area contributed by atoms with Crippen molar-refractivity contribution >= 4 is 25.9 Å². The molecular weight excluding hydrogens is 244 g/mol. The van der Waals surface area contributed by atoms with Crippen LogP contribution in [0.15, 0.2) is 30.3 Å². The summed E-state index contributed by atoms with van der Waals surface area (Å²) in [5.41, 5.74) is 0.782. The molecule has 1 aromatic rings. The number of nitrogens with zero attached hydrogens (tertiary/aromatic N) is 2. The highest BCUT2D eigenvalue weighted by molar-refractivity contribution is 6.78. The van der Waals surface area contributed by atoms with Crippen molar-refractivity contribution in [3.63, 3.8) is 0 Å². The van der Waals surface area contributed by atoms with Gasteiger partial charge in [0.2, 0.25) is 5.91 Å². The molecule has 18 heavy (non-hydrogen) atoms. The largest absolute Gasteiger partial charge is 0.323 e. The van der Waals surface area contributed by atoms with Gasteiger partial charge in [0.25, 0.3) is 0 Å². The molecule has 4 nitrogen and oxygen atoms in total. The van der Waals surface area contributed by atoms with Crippen molar-refractivity contribution in [2.45, 2.75) is 32.6 Å². The first-order valence-electron chi connectivity index (χ1n) is 6.06. The lowest BCUT2D eigenvalue weighted by molar-refractivity contribution is -0.124. The molecule has 3 amide bonds. The number of rotatable bonds is 2. The number of hydrogen-bond donors (Lipinski definition) is 0. The Kier molecular flexibility index (Phi) is 3.02. The second-order valence-corrected chi connectivity index (χ2v) is 10.3. The lowest BCUT2D eigenvalue weighted by atomic mass is 10.2. The third-order valence-corrected chi connectivity index (χ3v) is 4.82. The van der Waals surface area contributed by atoms with E-state index in [-0.39, 0.29) is 11.9 Å². The van der Waals surface area contributed by atoms with Gasteiger partial charge in [0, 0.05) is 5.69 Å². The summed E-state index contributed by atoms with van der Waals surface area (Å²) in [5.74, 6) is -0.0805. The van der Waals surface area contributed by atoms with Crippen LogP contribution in [0.2, 0.25) is 19.6 Å². The number of imide groups is 1. The van der Waals surface area contributed by atoms with E-state index in [1.54, 1.807) is 11.8 Å². The standard InChI is InChI=1S/C13H18N2O2Si/c1-10-12(16)15(18(2,3)4)13(17)14(10)11-8-6-5-7-9-11/h5-10H,1-4H3. The summed E-state index contributed by atoms with van der Waals surface area (Å²) in [5, 5.41) is 0. The number of anilines is 1. The maximum absolute atomic E-state index is 12.4. The van der Waals surface area contributed by atoms with Gasteiger partial charge < -0.3 is 0 Å². The van der Waals surface area contributed by atoms with Gasteiger partial charge in [0.1, 0.15) is 6.04 Å². The molecule has 5 heteroatoms. The monoisotopic (exact) mass is 262 g/mol. The molecule has 1 heterocycles. The number of hydrogen-bond acceptors (Lipinski definition) is 2. The van der Waals surface area contributed by atoms with E-state index in [0.717, 1.165) is 5.69 Å². The molecule has 1 fully saturated rings. The third-order valence-electron chi connectivity index (χ3n) is 3.07. The molecule has 96 valence electrons. The Morgan fingerprint density at radius 1 is 1.06 bits per heavy atom.